The summed E-state index contributed by atoms with van der Waals surface area (Å²) >= 11 is 2.88. The van der Waals surface area contributed by atoms with E-state index in [4.69, 9.17) is 0 Å². The molecule has 0 spiro atoms. The second-order valence-electron chi connectivity index (χ2n) is 3.26. The number of amides is 1. The molecular formula is C9H12BrNO. The molecule has 1 saturated carbocycles. The van der Waals surface area contributed by atoms with Crippen molar-refractivity contribution in [2.45, 2.75) is 26.2 Å². The van der Waals surface area contributed by atoms with E-state index in [-0.39, 0.29) is 5.91 Å². The van der Waals surface area contributed by atoms with Gasteiger partial charge in [-0.3, -0.25) is 4.79 Å². The van der Waals surface area contributed by atoms with Crippen LogP contribution in [0, 0.1) is 16.2 Å². The lowest BCUT2D eigenvalue weighted by Crippen LogP contribution is -2.28. The Balaban J connectivity index is 2.24. The third kappa shape index (κ3) is 2.53. The topological polar surface area (TPSA) is 29.1 Å². The summed E-state index contributed by atoms with van der Waals surface area (Å²) in [5.41, 5.74) is 0.406. The first-order valence-electron chi connectivity index (χ1n) is 4.12. The smallest absolute Gasteiger partial charge is 0.296 e. The van der Waals surface area contributed by atoms with E-state index < -0.39 is 0 Å². The molecule has 0 aromatic carbocycles. The first-order valence-corrected chi connectivity index (χ1v) is 4.91. The molecule has 1 N–H and O–H groups in total. The minimum Gasteiger partial charge on any atom is -0.345 e. The second kappa shape index (κ2) is 3.95. The van der Waals surface area contributed by atoms with Gasteiger partial charge in [0.2, 0.25) is 0 Å². The molecule has 0 unspecified atom stereocenters. The molecule has 12 heavy (non-hydrogen) atoms. The molecule has 1 amide bonds. The molecule has 0 heterocycles. The average Bonchev–Trinajstić information content (AvgIpc) is 2.82. The van der Waals surface area contributed by atoms with Gasteiger partial charge >= 0.3 is 0 Å². The fourth-order valence-corrected chi connectivity index (χ4v) is 1.37. The molecule has 0 aliphatic heterocycles. The number of carbonyl (C=O) groups is 1. The Bertz CT molecular complexity index is 235. The van der Waals surface area contributed by atoms with Gasteiger partial charge in [-0.05, 0) is 29.5 Å². The Morgan fingerprint density at radius 2 is 2.33 bits per heavy atom. The Hall–Kier alpha value is -0.490. The van der Waals surface area contributed by atoms with Gasteiger partial charge in [0.25, 0.3) is 5.91 Å². The zero-order chi connectivity index (χ0) is 9.03. The van der Waals surface area contributed by atoms with Crippen molar-refractivity contribution in [2.24, 2.45) is 5.41 Å². The van der Waals surface area contributed by atoms with Crippen molar-refractivity contribution in [3.63, 3.8) is 0 Å². The summed E-state index contributed by atoms with van der Waals surface area (Å²) in [7, 11) is 0. The van der Waals surface area contributed by atoms with Crippen molar-refractivity contribution in [3.05, 3.63) is 0 Å². The van der Waals surface area contributed by atoms with Gasteiger partial charge in [-0.1, -0.05) is 6.92 Å². The summed E-state index contributed by atoms with van der Waals surface area (Å²) in [5, 5.41) is 2.79. The molecule has 3 heteroatoms. The van der Waals surface area contributed by atoms with Gasteiger partial charge in [-0.25, -0.2) is 0 Å². The monoisotopic (exact) mass is 229 g/mol. The fraction of sp³-hybridized carbons (Fsp3) is 0.667. The van der Waals surface area contributed by atoms with E-state index in [9.17, 15) is 4.79 Å². The summed E-state index contributed by atoms with van der Waals surface area (Å²) < 4.78 is 0. The number of hydrogen-bond acceptors (Lipinski definition) is 1. The van der Waals surface area contributed by atoms with Crippen LogP contribution in [0.15, 0.2) is 0 Å². The van der Waals surface area contributed by atoms with Gasteiger partial charge in [0.05, 0.1) is 0 Å². The van der Waals surface area contributed by atoms with Crippen molar-refractivity contribution in [2.75, 3.05) is 6.54 Å². The zero-order valence-corrected chi connectivity index (χ0v) is 8.70. The minimum atomic E-state index is -0.188. The maximum atomic E-state index is 10.9. The van der Waals surface area contributed by atoms with Crippen LogP contribution in [-0.2, 0) is 4.79 Å². The normalized spacial score (nSPS) is 17.5. The van der Waals surface area contributed by atoms with E-state index in [1.165, 1.54) is 12.8 Å². The van der Waals surface area contributed by atoms with Crippen LogP contribution in [-0.4, -0.2) is 12.5 Å². The van der Waals surface area contributed by atoms with E-state index >= 15 is 0 Å². The number of carbonyl (C=O) groups excluding carboxylic acids is 1. The number of halogens is 1. The molecule has 1 rings (SSSR count). The van der Waals surface area contributed by atoms with Crippen molar-refractivity contribution >= 4 is 21.8 Å². The summed E-state index contributed by atoms with van der Waals surface area (Å²) in [5.74, 6) is 2.20. The molecule has 1 aliphatic rings. The van der Waals surface area contributed by atoms with E-state index in [0.29, 0.717) is 5.41 Å². The van der Waals surface area contributed by atoms with Crippen LogP contribution >= 0.6 is 15.9 Å². The van der Waals surface area contributed by atoms with Gasteiger partial charge in [-0.2, -0.15) is 0 Å². The quantitative estimate of drug-likeness (QED) is 0.734. The Labute approximate surface area is 81.2 Å². The Kier molecular flexibility index (Phi) is 3.16. The van der Waals surface area contributed by atoms with Crippen LogP contribution < -0.4 is 5.32 Å². The molecule has 0 saturated heterocycles. The lowest BCUT2D eigenvalue weighted by molar-refractivity contribution is -0.115. The zero-order valence-electron chi connectivity index (χ0n) is 7.11. The van der Waals surface area contributed by atoms with Gasteiger partial charge in [0.15, 0.2) is 0 Å². The predicted molar refractivity (Wildman–Crippen MR) is 51.7 cm³/mol. The first kappa shape index (κ1) is 9.60. The van der Waals surface area contributed by atoms with Crippen molar-refractivity contribution in [3.8, 4) is 10.8 Å². The lowest BCUT2D eigenvalue weighted by Gasteiger charge is -2.10. The maximum absolute atomic E-state index is 10.9. The summed E-state index contributed by atoms with van der Waals surface area (Å²) in [6.45, 7) is 2.94. The van der Waals surface area contributed by atoms with Gasteiger partial charge in [0, 0.05) is 28.4 Å². The fourth-order valence-electron chi connectivity index (χ4n) is 1.19. The largest absolute Gasteiger partial charge is 0.345 e. The first-order chi connectivity index (χ1) is 5.72. The molecule has 2 nitrogen and oxygen atoms in total. The highest BCUT2D eigenvalue weighted by molar-refractivity contribution is 9.12. The number of hydrogen-bond donors (Lipinski definition) is 1. The minimum absolute atomic E-state index is 0.188. The number of rotatable bonds is 3. The van der Waals surface area contributed by atoms with Gasteiger partial charge in [0.1, 0.15) is 0 Å². The molecule has 66 valence electrons. The summed E-state index contributed by atoms with van der Waals surface area (Å²) in [6, 6.07) is 0. The molecule has 1 aliphatic carbocycles. The third-order valence-electron chi connectivity index (χ3n) is 2.49. The molecule has 0 radical (unpaired) electrons. The van der Waals surface area contributed by atoms with E-state index in [1.54, 1.807) is 0 Å². The highest BCUT2D eigenvalue weighted by Crippen LogP contribution is 2.47. The van der Waals surface area contributed by atoms with Crippen LogP contribution in [0.2, 0.25) is 0 Å². The van der Waals surface area contributed by atoms with Crippen molar-refractivity contribution < 1.29 is 4.79 Å². The maximum Gasteiger partial charge on any atom is 0.296 e. The molecule has 0 bridgehead atoms. The third-order valence-corrected chi connectivity index (χ3v) is 2.69. The Morgan fingerprint density at radius 3 is 2.75 bits per heavy atom. The second-order valence-corrected chi connectivity index (χ2v) is 3.65. The van der Waals surface area contributed by atoms with Crippen molar-refractivity contribution in [1.29, 1.82) is 0 Å². The number of nitrogens with one attached hydrogen (secondary N) is 1. The van der Waals surface area contributed by atoms with E-state index in [2.05, 4.69) is 38.9 Å². The molecule has 0 atom stereocenters. The Morgan fingerprint density at radius 1 is 1.67 bits per heavy atom. The van der Waals surface area contributed by atoms with Crippen LogP contribution in [0.1, 0.15) is 26.2 Å². The molecular weight excluding hydrogens is 218 g/mol. The SMILES string of the molecule is CCC1(CNC(=O)C#CBr)CC1. The average molecular weight is 230 g/mol. The van der Waals surface area contributed by atoms with Crippen LogP contribution in [0.4, 0.5) is 0 Å². The highest BCUT2D eigenvalue weighted by Gasteiger charge is 2.40. The molecule has 0 aromatic heterocycles. The molecule has 0 aromatic rings. The van der Waals surface area contributed by atoms with Gasteiger partial charge in [-0.15, -0.1) is 0 Å². The standard InChI is InChI=1S/C9H12BrNO/c1-2-9(4-5-9)7-11-8(12)3-6-10/h2,4-5,7H2,1H3,(H,11,12). The van der Waals surface area contributed by atoms with E-state index in [0.717, 1.165) is 13.0 Å². The van der Waals surface area contributed by atoms with Crippen LogP contribution in [0.3, 0.4) is 0 Å². The van der Waals surface area contributed by atoms with Crippen LogP contribution in [0.5, 0.6) is 0 Å². The van der Waals surface area contributed by atoms with Gasteiger partial charge < -0.3 is 5.32 Å². The summed E-state index contributed by atoms with van der Waals surface area (Å²) in [4.78, 5) is 13.3. The highest BCUT2D eigenvalue weighted by atomic mass is 79.9. The molecule has 1 fully saturated rings. The van der Waals surface area contributed by atoms with Crippen molar-refractivity contribution in [1.82, 2.24) is 5.32 Å². The van der Waals surface area contributed by atoms with Crippen LogP contribution in [0.25, 0.3) is 0 Å². The summed E-state index contributed by atoms with van der Waals surface area (Å²) in [6.07, 6.45) is 3.63. The van der Waals surface area contributed by atoms with E-state index in [1.807, 2.05) is 0 Å². The lowest BCUT2D eigenvalue weighted by atomic mass is 10.0. The predicted octanol–water partition coefficient (Wildman–Crippen LogP) is 1.65.